The summed E-state index contributed by atoms with van der Waals surface area (Å²) in [7, 11) is 1.64. The molecule has 0 spiro atoms. The molecule has 0 aliphatic carbocycles. The van der Waals surface area contributed by atoms with Crippen LogP contribution in [-0.2, 0) is 13.0 Å². The molecular formula is C19H24ClNO2. The maximum Gasteiger partial charge on any atom is 0.165 e. The normalized spacial score (nSPS) is 10.6. The average Bonchev–Trinajstić information content (AvgIpc) is 2.58. The van der Waals surface area contributed by atoms with Crippen LogP contribution in [0.3, 0.4) is 0 Å². The number of ether oxygens (including phenoxy) is 2. The van der Waals surface area contributed by atoms with Crippen molar-refractivity contribution in [3.8, 4) is 11.5 Å². The van der Waals surface area contributed by atoms with Crippen LogP contribution in [0.1, 0.15) is 24.5 Å². The average molecular weight is 334 g/mol. The van der Waals surface area contributed by atoms with E-state index in [1.165, 1.54) is 5.56 Å². The Bertz CT molecular complexity index is 602. The number of hydrogen-bond acceptors (Lipinski definition) is 3. The molecule has 1 N–H and O–H groups in total. The van der Waals surface area contributed by atoms with Gasteiger partial charge in [-0.05, 0) is 31.0 Å². The molecule has 3 nitrogen and oxygen atoms in total. The van der Waals surface area contributed by atoms with Gasteiger partial charge < -0.3 is 14.8 Å². The molecule has 2 aromatic carbocycles. The fourth-order valence-electron chi connectivity index (χ4n) is 2.37. The lowest BCUT2D eigenvalue weighted by atomic mass is 10.1. The van der Waals surface area contributed by atoms with E-state index >= 15 is 0 Å². The third kappa shape index (κ3) is 5.45. The molecule has 0 amide bonds. The zero-order chi connectivity index (χ0) is 16.5. The second-order valence-corrected chi connectivity index (χ2v) is 5.79. The van der Waals surface area contributed by atoms with Crippen LogP contribution in [0.15, 0.2) is 42.5 Å². The minimum atomic E-state index is 0.658. The minimum absolute atomic E-state index is 0.658. The monoisotopic (exact) mass is 333 g/mol. The molecule has 0 saturated heterocycles. The van der Waals surface area contributed by atoms with E-state index in [2.05, 4.69) is 36.5 Å². The lowest BCUT2D eigenvalue weighted by Crippen LogP contribution is -2.17. The fourth-order valence-corrected chi connectivity index (χ4v) is 2.60. The van der Waals surface area contributed by atoms with Gasteiger partial charge in [0.25, 0.3) is 0 Å². The molecular weight excluding hydrogens is 310 g/mol. The van der Waals surface area contributed by atoms with Crippen LogP contribution in [0.5, 0.6) is 11.5 Å². The Morgan fingerprint density at radius 2 is 1.91 bits per heavy atom. The summed E-state index contributed by atoms with van der Waals surface area (Å²) in [5, 5.41) is 4.11. The zero-order valence-corrected chi connectivity index (χ0v) is 14.5. The SMILES string of the molecule is CCCOc1c(CNCCc2ccccc2)cc(Cl)cc1OC. The maximum absolute atomic E-state index is 6.18. The summed E-state index contributed by atoms with van der Waals surface area (Å²) in [5.74, 6) is 1.47. The van der Waals surface area contributed by atoms with Crippen LogP contribution >= 0.6 is 11.6 Å². The predicted octanol–water partition coefficient (Wildman–Crippen LogP) is 4.47. The van der Waals surface area contributed by atoms with Crippen LogP contribution in [0.4, 0.5) is 0 Å². The van der Waals surface area contributed by atoms with Gasteiger partial charge in [-0.3, -0.25) is 0 Å². The molecule has 23 heavy (non-hydrogen) atoms. The largest absolute Gasteiger partial charge is 0.493 e. The fraction of sp³-hybridized carbons (Fsp3) is 0.368. The molecule has 0 radical (unpaired) electrons. The van der Waals surface area contributed by atoms with Crippen molar-refractivity contribution in [3.05, 3.63) is 58.6 Å². The lowest BCUT2D eigenvalue weighted by Gasteiger charge is -2.16. The number of rotatable bonds is 9. The Kier molecular flexibility index (Phi) is 7.24. The first-order valence-electron chi connectivity index (χ1n) is 7.98. The van der Waals surface area contributed by atoms with Crippen LogP contribution in [0, 0.1) is 0 Å². The van der Waals surface area contributed by atoms with Gasteiger partial charge in [0.1, 0.15) is 0 Å². The second kappa shape index (κ2) is 9.43. The van der Waals surface area contributed by atoms with Gasteiger partial charge in [0.05, 0.1) is 13.7 Å². The molecule has 0 heterocycles. The number of benzene rings is 2. The molecule has 0 unspecified atom stereocenters. The van der Waals surface area contributed by atoms with Crippen molar-refractivity contribution in [1.82, 2.24) is 5.32 Å². The van der Waals surface area contributed by atoms with Crippen molar-refractivity contribution in [2.24, 2.45) is 0 Å². The van der Waals surface area contributed by atoms with Gasteiger partial charge in [0, 0.05) is 23.2 Å². The summed E-state index contributed by atoms with van der Waals surface area (Å²) < 4.78 is 11.3. The van der Waals surface area contributed by atoms with E-state index in [1.54, 1.807) is 13.2 Å². The molecule has 0 bridgehead atoms. The van der Waals surface area contributed by atoms with Crippen molar-refractivity contribution in [2.75, 3.05) is 20.3 Å². The first kappa shape index (κ1) is 17.6. The quantitative estimate of drug-likeness (QED) is 0.687. The number of nitrogens with one attached hydrogen (secondary N) is 1. The third-order valence-corrected chi connectivity index (χ3v) is 3.73. The summed E-state index contributed by atoms with van der Waals surface area (Å²) in [6, 6.07) is 14.2. The molecule has 0 fully saturated rings. The first-order chi connectivity index (χ1) is 11.2. The highest BCUT2D eigenvalue weighted by Crippen LogP contribution is 2.34. The second-order valence-electron chi connectivity index (χ2n) is 5.36. The Morgan fingerprint density at radius 1 is 1.13 bits per heavy atom. The summed E-state index contributed by atoms with van der Waals surface area (Å²) in [6.07, 6.45) is 1.94. The number of methoxy groups -OCH3 is 1. The lowest BCUT2D eigenvalue weighted by molar-refractivity contribution is 0.290. The van der Waals surface area contributed by atoms with Gasteiger partial charge in [0.15, 0.2) is 11.5 Å². The highest BCUT2D eigenvalue weighted by molar-refractivity contribution is 6.30. The van der Waals surface area contributed by atoms with Crippen molar-refractivity contribution in [1.29, 1.82) is 0 Å². The highest BCUT2D eigenvalue weighted by atomic mass is 35.5. The van der Waals surface area contributed by atoms with Crippen molar-refractivity contribution in [2.45, 2.75) is 26.3 Å². The highest BCUT2D eigenvalue weighted by Gasteiger charge is 2.12. The molecule has 0 aliphatic heterocycles. The molecule has 4 heteroatoms. The van der Waals surface area contributed by atoms with E-state index in [4.69, 9.17) is 21.1 Å². The summed E-state index contributed by atoms with van der Waals surface area (Å²) in [6.45, 7) is 4.34. The zero-order valence-electron chi connectivity index (χ0n) is 13.8. The first-order valence-corrected chi connectivity index (χ1v) is 8.36. The molecule has 2 rings (SSSR count). The maximum atomic E-state index is 6.18. The Balaban J connectivity index is 1.98. The molecule has 2 aromatic rings. The molecule has 124 valence electrons. The minimum Gasteiger partial charge on any atom is -0.493 e. The van der Waals surface area contributed by atoms with E-state index in [-0.39, 0.29) is 0 Å². The number of halogens is 1. The predicted molar refractivity (Wildman–Crippen MR) is 95.6 cm³/mol. The molecule has 0 aliphatic rings. The van der Waals surface area contributed by atoms with Gasteiger partial charge in [-0.25, -0.2) is 0 Å². The van der Waals surface area contributed by atoms with Gasteiger partial charge in [-0.2, -0.15) is 0 Å². The van der Waals surface area contributed by atoms with E-state index in [0.717, 1.165) is 30.7 Å². The van der Waals surface area contributed by atoms with Crippen molar-refractivity contribution >= 4 is 11.6 Å². The van der Waals surface area contributed by atoms with E-state index < -0.39 is 0 Å². The van der Waals surface area contributed by atoms with Gasteiger partial charge in [-0.15, -0.1) is 0 Å². The number of hydrogen-bond donors (Lipinski definition) is 1. The van der Waals surface area contributed by atoms with E-state index in [9.17, 15) is 0 Å². The summed E-state index contributed by atoms with van der Waals surface area (Å²) >= 11 is 6.18. The van der Waals surface area contributed by atoms with Crippen molar-refractivity contribution in [3.63, 3.8) is 0 Å². The standard InChI is InChI=1S/C19H24ClNO2/c1-3-11-23-19-16(12-17(20)13-18(19)22-2)14-21-10-9-15-7-5-4-6-8-15/h4-8,12-13,21H,3,9-11,14H2,1-2H3. The van der Waals surface area contributed by atoms with Crippen LogP contribution in [0.2, 0.25) is 5.02 Å². The van der Waals surface area contributed by atoms with Crippen molar-refractivity contribution < 1.29 is 9.47 Å². The van der Waals surface area contributed by atoms with Crippen LogP contribution in [0.25, 0.3) is 0 Å². The van der Waals surface area contributed by atoms with E-state index in [0.29, 0.717) is 23.9 Å². The topological polar surface area (TPSA) is 30.5 Å². The van der Waals surface area contributed by atoms with Crippen LogP contribution < -0.4 is 14.8 Å². The molecule has 0 saturated carbocycles. The molecule has 0 atom stereocenters. The van der Waals surface area contributed by atoms with E-state index in [1.807, 2.05) is 12.1 Å². The van der Waals surface area contributed by atoms with Gasteiger partial charge in [0.2, 0.25) is 0 Å². The summed E-state index contributed by atoms with van der Waals surface area (Å²) in [4.78, 5) is 0. The smallest absolute Gasteiger partial charge is 0.165 e. The Morgan fingerprint density at radius 3 is 2.61 bits per heavy atom. The van der Waals surface area contributed by atoms with Crippen LogP contribution in [-0.4, -0.2) is 20.3 Å². The Hall–Kier alpha value is -1.71. The third-order valence-electron chi connectivity index (χ3n) is 3.52. The molecule has 0 aromatic heterocycles. The van der Waals surface area contributed by atoms with Gasteiger partial charge >= 0.3 is 0 Å². The van der Waals surface area contributed by atoms with Gasteiger partial charge in [-0.1, -0.05) is 48.9 Å². The summed E-state index contributed by atoms with van der Waals surface area (Å²) in [5.41, 5.74) is 2.35. The Labute approximate surface area is 143 Å².